The number of benzene rings is 1. The Morgan fingerprint density at radius 2 is 1.94 bits per heavy atom. The van der Waals surface area contributed by atoms with Crippen LogP contribution in [0.2, 0.25) is 0 Å². The Hall–Kier alpha value is -0.960. The first-order chi connectivity index (χ1) is 7.53. The lowest BCUT2D eigenvalue weighted by molar-refractivity contribution is -0.164. The molecular formula is C13H17F2N. The number of aryl methyl sites for hydroxylation is 1. The quantitative estimate of drug-likeness (QED) is 0.839. The predicted octanol–water partition coefficient (Wildman–Crippen LogP) is 3.22. The van der Waals surface area contributed by atoms with Crippen LogP contribution in [0.1, 0.15) is 30.4 Å². The van der Waals surface area contributed by atoms with Crippen LogP contribution in [0.15, 0.2) is 24.3 Å². The second kappa shape index (κ2) is 3.81. The van der Waals surface area contributed by atoms with Crippen LogP contribution >= 0.6 is 0 Å². The molecule has 0 aromatic heterocycles. The lowest BCUT2D eigenvalue weighted by atomic mass is 9.62. The molecule has 1 aromatic carbocycles. The molecule has 1 aliphatic rings. The third kappa shape index (κ3) is 1.46. The fourth-order valence-electron chi connectivity index (χ4n) is 2.46. The summed E-state index contributed by atoms with van der Waals surface area (Å²) in [6, 6.07) is 6.70. The van der Waals surface area contributed by atoms with Crippen molar-refractivity contribution >= 4 is 0 Å². The molecule has 2 N–H and O–H groups in total. The van der Waals surface area contributed by atoms with Crippen molar-refractivity contribution in [3.05, 3.63) is 35.4 Å². The number of nitrogens with two attached hydrogens (primary N) is 1. The first-order valence-electron chi connectivity index (χ1n) is 5.67. The van der Waals surface area contributed by atoms with E-state index in [1.165, 1.54) is 6.07 Å². The third-order valence-corrected chi connectivity index (χ3v) is 3.85. The van der Waals surface area contributed by atoms with Crippen LogP contribution in [-0.4, -0.2) is 6.54 Å². The van der Waals surface area contributed by atoms with E-state index in [9.17, 15) is 8.78 Å². The molecule has 1 aromatic rings. The summed E-state index contributed by atoms with van der Waals surface area (Å²) in [4.78, 5) is 0. The molecule has 0 heterocycles. The van der Waals surface area contributed by atoms with Gasteiger partial charge in [-0.3, -0.25) is 0 Å². The van der Waals surface area contributed by atoms with Gasteiger partial charge in [-0.05, 0) is 25.3 Å². The smallest absolute Gasteiger partial charge is 0.280 e. The molecule has 2 rings (SSSR count). The van der Waals surface area contributed by atoms with Gasteiger partial charge in [0.1, 0.15) is 0 Å². The van der Waals surface area contributed by atoms with Crippen LogP contribution in [0.5, 0.6) is 0 Å². The summed E-state index contributed by atoms with van der Waals surface area (Å²) in [5.41, 5.74) is 5.35. The van der Waals surface area contributed by atoms with Gasteiger partial charge >= 0.3 is 0 Å². The first-order valence-corrected chi connectivity index (χ1v) is 5.67. The second-order valence-corrected chi connectivity index (χ2v) is 4.73. The van der Waals surface area contributed by atoms with E-state index >= 15 is 0 Å². The van der Waals surface area contributed by atoms with Crippen LogP contribution in [0.4, 0.5) is 8.78 Å². The zero-order chi connectivity index (χ0) is 11.8. The Balaban J connectivity index is 2.42. The van der Waals surface area contributed by atoms with Crippen molar-refractivity contribution in [3.63, 3.8) is 0 Å². The van der Waals surface area contributed by atoms with Crippen LogP contribution in [0.3, 0.4) is 0 Å². The Labute approximate surface area is 94.7 Å². The summed E-state index contributed by atoms with van der Waals surface area (Å²) >= 11 is 0. The van der Waals surface area contributed by atoms with E-state index in [-0.39, 0.29) is 12.1 Å². The minimum Gasteiger partial charge on any atom is -0.330 e. The maximum Gasteiger partial charge on any atom is 0.280 e. The number of halogens is 2. The van der Waals surface area contributed by atoms with Crippen molar-refractivity contribution < 1.29 is 8.78 Å². The van der Waals surface area contributed by atoms with E-state index in [0.717, 1.165) is 6.42 Å². The molecule has 0 aliphatic heterocycles. The zero-order valence-electron chi connectivity index (χ0n) is 9.47. The third-order valence-electron chi connectivity index (χ3n) is 3.85. The Morgan fingerprint density at radius 1 is 1.31 bits per heavy atom. The molecule has 0 amide bonds. The summed E-state index contributed by atoms with van der Waals surface area (Å²) in [7, 11) is 0. The van der Waals surface area contributed by atoms with E-state index < -0.39 is 11.3 Å². The molecule has 1 saturated carbocycles. The van der Waals surface area contributed by atoms with Crippen molar-refractivity contribution in [1.29, 1.82) is 0 Å². The monoisotopic (exact) mass is 225 g/mol. The van der Waals surface area contributed by atoms with Gasteiger partial charge in [0.2, 0.25) is 0 Å². The minimum absolute atomic E-state index is 0.0638. The Morgan fingerprint density at radius 3 is 2.38 bits per heavy atom. The van der Waals surface area contributed by atoms with Gasteiger partial charge in [0.15, 0.2) is 0 Å². The van der Waals surface area contributed by atoms with Crippen LogP contribution in [-0.2, 0) is 5.92 Å². The van der Waals surface area contributed by atoms with E-state index in [1.54, 1.807) is 25.1 Å². The topological polar surface area (TPSA) is 26.0 Å². The summed E-state index contributed by atoms with van der Waals surface area (Å²) in [5.74, 6) is -2.80. The van der Waals surface area contributed by atoms with Gasteiger partial charge in [-0.1, -0.05) is 30.7 Å². The van der Waals surface area contributed by atoms with Crippen LogP contribution in [0, 0.1) is 12.3 Å². The molecule has 0 atom stereocenters. The van der Waals surface area contributed by atoms with Crippen LogP contribution < -0.4 is 5.73 Å². The number of hydrogen-bond donors (Lipinski definition) is 1. The lowest BCUT2D eigenvalue weighted by Crippen LogP contribution is -2.50. The molecule has 0 unspecified atom stereocenters. The SMILES string of the molecule is Cc1ccccc1C(F)(F)C1(CN)CCC1. The zero-order valence-corrected chi connectivity index (χ0v) is 9.47. The maximum absolute atomic E-state index is 14.4. The summed E-state index contributed by atoms with van der Waals surface area (Å²) in [5, 5.41) is 0. The first kappa shape index (κ1) is 11.5. The predicted molar refractivity (Wildman–Crippen MR) is 60.4 cm³/mol. The van der Waals surface area contributed by atoms with Crippen LogP contribution in [0.25, 0.3) is 0 Å². The van der Waals surface area contributed by atoms with Crippen molar-refractivity contribution in [2.75, 3.05) is 6.54 Å². The fraction of sp³-hybridized carbons (Fsp3) is 0.538. The summed E-state index contributed by atoms with van der Waals surface area (Å²) < 4.78 is 28.9. The molecule has 88 valence electrons. The van der Waals surface area contributed by atoms with Crippen molar-refractivity contribution in [2.45, 2.75) is 32.1 Å². The highest BCUT2D eigenvalue weighted by atomic mass is 19.3. The molecule has 1 fully saturated rings. The maximum atomic E-state index is 14.4. The molecule has 0 saturated heterocycles. The van der Waals surface area contributed by atoms with E-state index in [0.29, 0.717) is 18.4 Å². The minimum atomic E-state index is -2.80. The average Bonchev–Trinajstić information content (AvgIpc) is 2.16. The number of hydrogen-bond acceptors (Lipinski definition) is 1. The van der Waals surface area contributed by atoms with Gasteiger partial charge in [0, 0.05) is 12.1 Å². The van der Waals surface area contributed by atoms with E-state index in [4.69, 9.17) is 5.73 Å². The molecule has 0 radical (unpaired) electrons. The van der Waals surface area contributed by atoms with Crippen molar-refractivity contribution in [1.82, 2.24) is 0 Å². The molecular weight excluding hydrogens is 208 g/mol. The Kier molecular flexibility index (Phi) is 2.74. The highest BCUT2D eigenvalue weighted by Gasteiger charge is 2.57. The average molecular weight is 225 g/mol. The van der Waals surface area contributed by atoms with E-state index in [2.05, 4.69) is 0 Å². The molecule has 0 spiro atoms. The number of alkyl halides is 2. The van der Waals surface area contributed by atoms with Crippen molar-refractivity contribution in [3.8, 4) is 0 Å². The fourth-order valence-corrected chi connectivity index (χ4v) is 2.46. The second-order valence-electron chi connectivity index (χ2n) is 4.73. The Bertz CT molecular complexity index is 378. The normalized spacial score (nSPS) is 19.2. The molecule has 1 nitrogen and oxygen atoms in total. The molecule has 1 aliphatic carbocycles. The van der Waals surface area contributed by atoms with Gasteiger partial charge in [-0.2, -0.15) is 0 Å². The van der Waals surface area contributed by atoms with Gasteiger partial charge < -0.3 is 5.73 Å². The highest BCUT2D eigenvalue weighted by Crippen LogP contribution is 2.56. The molecule has 16 heavy (non-hydrogen) atoms. The standard InChI is InChI=1S/C13H17F2N/c1-10-5-2-3-6-11(10)13(14,15)12(9-16)7-4-8-12/h2-3,5-6H,4,7-9,16H2,1H3. The van der Waals surface area contributed by atoms with Gasteiger partial charge in [0.05, 0.1) is 5.41 Å². The van der Waals surface area contributed by atoms with Gasteiger partial charge in [-0.25, -0.2) is 8.78 Å². The molecule has 0 bridgehead atoms. The van der Waals surface area contributed by atoms with Gasteiger partial charge in [-0.15, -0.1) is 0 Å². The summed E-state index contributed by atoms with van der Waals surface area (Å²) in [6.45, 7) is 1.79. The number of rotatable bonds is 3. The van der Waals surface area contributed by atoms with E-state index in [1.807, 2.05) is 0 Å². The van der Waals surface area contributed by atoms with Crippen molar-refractivity contribution in [2.24, 2.45) is 11.1 Å². The highest BCUT2D eigenvalue weighted by molar-refractivity contribution is 5.32. The molecule has 3 heteroatoms. The lowest BCUT2D eigenvalue weighted by Gasteiger charge is -2.47. The largest absolute Gasteiger partial charge is 0.330 e. The van der Waals surface area contributed by atoms with Gasteiger partial charge in [0.25, 0.3) is 5.92 Å². The summed E-state index contributed by atoms with van der Waals surface area (Å²) in [6.07, 6.45) is 1.92.